The summed E-state index contributed by atoms with van der Waals surface area (Å²) in [6.45, 7) is 11.8. The quantitative estimate of drug-likeness (QED) is 0.161. The van der Waals surface area contributed by atoms with Crippen LogP contribution in [0.5, 0.6) is 0 Å². The smallest absolute Gasteiger partial charge is 0.262 e. The average Bonchev–Trinajstić information content (AvgIpc) is 3.00. The normalized spacial score (nSPS) is 13.7. The standard InChI is InChI=1S/C33H35Cl2N7O4/c1-19(46-33(2,3)4)42-12-10-24(11-13-42)38-32-37-18-22-15-25(31(45)40-28(22)41-32)30(44)39-27-16-21(8-9-26(27)35)29(43)36-17-20-6-5-7-23(34)14-20/h5-9,14-16,18,24H,1,10-13,17H2,2-4H3,(H,36,43)(H,39,44)(H2,37,38,40,41,45). The summed E-state index contributed by atoms with van der Waals surface area (Å²) in [4.78, 5) is 52.5. The number of fused-ring (bicyclic) bond motifs is 1. The molecule has 1 aliphatic heterocycles. The molecular weight excluding hydrogens is 629 g/mol. The van der Waals surface area contributed by atoms with E-state index in [1.165, 1.54) is 18.2 Å². The number of amides is 2. The minimum Gasteiger partial charge on any atom is -0.474 e. The van der Waals surface area contributed by atoms with Crippen LogP contribution in [-0.2, 0) is 11.3 Å². The number of likely N-dealkylation sites (tertiary alicyclic amines) is 1. The van der Waals surface area contributed by atoms with Crippen LogP contribution >= 0.6 is 23.2 Å². The van der Waals surface area contributed by atoms with Crippen LogP contribution in [0.3, 0.4) is 0 Å². The van der Waals surface area contributed by atoms with Gasteiger partial charge in [-0.05, 0) is 82.2 Å². The van der Waals surface area contributed by atoms with E-state index in [2.05, 4.69) is 42.4 Å². The number of piperidine rings is 1. The molecule has 1 aliphatic rings. The molecule has 4 aromatic rings. The van der Waals surface area contributed by atoms with Gasteiger partial charge in [-0.15, -0.1) is 0 Å². The Morgan fingerprint density at radius 3 is 2.57 bits per heavy atom. The molecule has 0 spiro atoms. The van der Waals surface area contributed by atoms with Crippen molar-refractivity contribution in [2.75, 3.05) is 23.7 Å². The third-order valence-electron chi connectivity index (χ3n) is 7.26. The second-order valence-corrected chi connectivity index (χ2v) is 12.8. The van der Waals surface area contributed by atoms with E-state index in [0.717, 1.165) is 31.5 Å². The van der Waals surface area contributed by atoms with Gasteiger partial charge in [0.15, 0.2) is 5.88 Å². The molecule has 240 valence electrons. The zero-order chi connectivity index (χ0) is 33.0. The van der Waals surface area contributed by atoms with Crippen LogP contribution in [0, 0.1) is 0 Å². The van der Waals surface area contributed by atoms with Crippen LogP contribution < -0.4 is 21.5 Å². The maximum atomic E-state index is 13.2. The van der Waals surface area contributed by atoms with Gasteiger partial charge in [0.2, 0.25) is 5.95 Å². The van der Waals surface area contributed by atoms with Crippen LogP contribution in [-0.4, -0.2) is 56.4 Å². The van der Waals surface area contributed by atoms with Gasteiger partial charge in [-0.25, -0.2) is 4.98 Å². The number of aromatic amines is 1. The number of anilines is 2. The highest BCUT2D eigenvalue weighted by Crippen LogP contribution is 2.25. The summed E-state index contributed by atoms with van der Waals surface area (Å²) in [5.41, 5.74) is 0.479. The van der Waals surface area contributed by atoms with Crippen LogP contribution in [0.4, 0.5) is 11.6 Å². The molecule has 0 aliphatic carbocycles. The summed E-state index contributed by atoms with van der Waals surface area (Å²) in [5.74, 6) is -0.0353. The minimum atomic E-state index is -0.701. The van der Waals surface area contributed by atoms with Gasteiger partial charge >= 0.3 is 0 Å². The fraction of sp³-hybridized carbons (Fsp3) is 0.303. The molecule has 0 saturated carbocycles. The number of pyridine rings is 1. The maximum absolute atomic E-state index is 13.2. The Labute approximate surface area is 276 Å². The molecule has 2 aromatic heterocycles. The Balaban J connectivity index is 1.22. The Morgan fingerprint density at radius 2 is 1.85 bits per heavy atom. The molecule has 1 fully saturated rings. The lowest BCUT2D eigenvalue weighted by Gasteiger charge is -2.36. The van der Waals surface area contributed by atoms with Crippen LogP contribution in [0.1, 0.15) is 59.9 Å². The van der Waals surface area contributed by atoms with Crippen molar-refractivity contribution in [3.05, 3.63) is 104 Å². The fourth-order valence-corrected chi connectivity index (χ4v) is 5.37. The molecule has 0 bridgehead atoms. The number of aromatic nitrogens is 3. The van der Waals surface area contributed by atoms with Gasteiger partial charge in [0, 0.05) is 47.8 Å². The lowest BCUT2D eigenvalue weighted by Crippen LogP contribution is -2.40. The molecule has 11 nitrogen and oxygen atoms in total. The Bertz CT molecular complexity index is 1850. The molecule has 13 heteroatoms. The lowest BCUT2D eigenvalue weighted by molar-refractivity contribution is -0.00227. The van der Waals surface area contributed by atoms with E-state index in [0.29, 0.717) is 27.9 Å². The lowest BCUT2D eigenvalue weighted by atomic mass is 10.1. The van der Waals surface area contributed by atoms with Crippen molar-refractivity contribution in [2.24, 2.45) is 0 Å². The van der Waals surface area contributed by atoms with Crippen molar-refractivity contribution < 1.29 is 14.3 Å². The number of carbonyl (C=O) groups is 2. The molecule has 0 unspecified atom stereocenters. The monoisotopic (exact) mass is 663 g/mol. The number of H-pyrrole nitrogens is 1. The third kappa shape index (κ3) is 8.35. The van der Waals surface area contributed by atoms with Crippen molar-refractivity contribution in [1.29, 1.82) is 0 Å². The molecule has 0 atom stereocenters. The van der Waals surface area contributed by atoms with Gasteiger partial charge < -0.3 is 30.6 Å². The van der Waals surface area contributed by atoms with Gasteiger partial charge in [0.05, 0.1) is 10.7 Å². The van der Waals surface area contributed by atoms with Crippen molar-refractivity contribution in [3.63, 3.8) is 0 Å². The summed E-state index contributed by atoms with van der Waals surface area (Å²) in [6.07, 6.45) is 3.21. The van der Waals surface area contributed by atoms with E-state index in [-0.39, 0.29) is 45.9 Å². The maximum Gasteiger partial charge on any atom is 0.262 e. The van der Waals surface area contributed by atoms with E-state index in [1.807, 2.05) is 26.8 Å². The highest BCUT2D eigenvalue weighted by Gasteiger charge is 2.24. The number of carbonyl (C=O) groups excluding carboxylic acids is 2. The van der Waals surface area contributed by atoms with E-state index >= 15 is 0 Å². The highest BCUT2D eigenvalue weighted by atomic mass is 35.5. The van der Waals surface area contributed by atoms with E-state index in [1.54, 1.807) is 30.5 Å². The first-order chi connectivity index (χ1) is 21.8. The topological polar surface area (TPSA) is 141 Å². The summed E-state index contributed by atoms with van der Waals surface area (Å²) in [5, 5.41) is 10.0. The van der Waals surface area contributed by atoms with Crippen molar-refractivity contribution in [2.45, 2.75) is 51.8 Å². The van der Waals surface area contributed by atoms with Gasteiger partial charge in [0.1, 0.15) is 16.8 Å². The fourth-order valence-electron chi connectivity index (χ4n) is 4.99. The van der Waals surface area contributed by atoms with Gasteiger partial charge in [-0.1, -0.05) is 35.3 Å². The van der Waals surface area contributed by atoms with E-state index in [4.69, 9.17) is 27.9 Å². The summed E-state index contributed by atoms with van der Waals surface area (Å²) < 4.78 is 5.89. The SMILES string of the molecule is C=C(OC(C)(C)C)N1CCC(Nc2ncc3cc(C(=O)Nc4cc(C(=O)NCc5cccc(Cl)c5)ccc4Cl)c(=O)[nH]c3n2)CC1. The van der Waals surface area contributed by atoms with Crippen molar-refractivity contribution >= 4 is 57.7 Å². The summed E-state index contributed by atoms with van der Waals surface area (Å²) in [6, 6.07) is 13.2. The molecule has 1 saturated heterocycles. The summed E-state index contributed by atoms with van der Waals surface area (Å²) in [7, 11) is 0. The summed E-state index contributed by atoms with van der Waals surface area (Å²) >= 11 is 12.3. The first kappa shape index (κ1) is 32.8. The molecule has 2 amide bonds. The van der Waals surface area contributed by atoms with Crippen molar-refractivity contribution in [1.82, 2.24) is 25.2 Å². The first-order valence-electron chi connectivity index (χ1n) is 14.8. The van der Waals surface area contributed by atoms with Gasteiger partial charge in [0.25, 0.3) is 17.4 Å². The number of halogens is 2. The molecule has 0 radical (unpaired) electrons. The molecule has 3 heterocycles. The minimum absolute atomic E-state index is 0.132. The number of hydrogen-bond acceptors (Lipinski definition) is 8. The van der Waals surface area contributed by atoms with Gasteiger partial charge in [-0.2, -0.15) is 4.98 Å². The predicted octanol–water partition coefficient (Wildman–Crippen LogP) is 5.97. The molecular formula is C33H35Cl2N7O4. The zero-order valence-electron chi connectivity index (χ0n) is 25.7. The van der Waals surface area contributed by atoms with Crippen LogP contribution in [0.2, 0.25) is 10.0 Å². The molecule has 2 aromatic carbocycles. The van der Waals surface area contributed by atoms with Crippen LogP contribution in [0.25, 0.3) is 11.0 Å². The number of nitrogens with zero attached hydrogens (tertiary/aromatic N) is 3. The number of ether oxygens (including phenoxy) is 1. The molecule has 5 rings (SSSR count). The predicted molar refractivity (Wildman–Crippen MR) is 180 cm³/mol. The van der Waals surface area contributed by atoms with Crippen LogP contribution in [0.15, 0.2) is 72.0 Å². The Kier molecular flexibility index (Phi) is 9.83. The Hall–Kier alpha value is -4.61. The number of benzene rings is 2. The van der Waals surface area contributed by atoms with E-state index < -0.39 is 11.5 Å². The number of hydrogen-bond donors (Lipinski definition) is 4. The number of rotatable bonds is 9. The largest absolute Gasteiger partial charge is 0.474 e. The number of nitrogens with one attached hydrogen (secondary N) is 4. The van der Waals surface area contributed by atoms with E-state index in [9.17, 15) is 14.4 Å². The molecule has 4 N–H and O–H groups in total. The van der Waals surface area contributed by atoms with Crippen molar-refractivity contribution in [3.8, 4) is 0 Å². The van der Waals surface area contributed by atoms with Gasteiger partial charge in [-0.3, -0.25) is 14.4 Å². The average molecular weight is 665 g/mol. The second kappa shape index (κ2) is 13.8. The first-order valence-corrected chi connectivity index (χ1v) is 15.5. The molecule has 46 heavy (non-hydrogen) atoms. The zero-order valence-corrected chi connectivity index (χ0v) is 27.3. The highest BCUT2D eigenvalue weighted by molar-refractivity contribution is 6.34. The second-order valence-electron chi connectivity index (χ2n) is 12.0. The third-order valence-corrected chi connectivity index (χ3v) is 7.83. The Morgan fingerprint density at radius 1 is 1.09 bits per heavy atom.